The van der Waals surface area contributed by atoms with E-state index in [4.69, 9.17) is 11.6 Å². The molecule has 2 aromatic rings. The van der Waals surface area contributed by atoms with Gasteiger partial charge in [0.25, 0.3) is 5.91 Å². The Kier molecular flexibility index (Phi) is 6.21. The zero-order valence-corrected chi connectivity index (χ0v) is 15.2. The van der Waals surface area contributed by atoms with Gasteiger partial charge in [-0.3, -0.25) is 4.79 Å². The Balaban J connectivity index is 2.21. The molecule has 0 radical (unpaired) electrons. The van der Waals surface area contributed by atoms with Gasteiger partial charge in [-0.05, 0) is 42.2 Å². The molecule has 5 heteroatoms. The second kappa shape index (κ2) is 8.36. The standard InChI is InChI=1S/C20H20ClN3O/c1-13(2)18-9-4-6-14(3)19(18)23-12-15(11-22)20(25)24-17-8-5-7-16(21)10-17/h4-10,12-13,23H,1-3H3,(H,24,25)/b15-12-. The molecule has 0 atom stereocenters. The highest BCUT2D eigenvalue weighted by molar-refractivity contribution is 6.31. The Morgan fingerprint density at radius 3 is 2.60 bits per heavy atom. The molecule has 0 aliphatic carbocycles. The van der Waals surface area contributed by atoms with Crippen LogP contribution in [0.15, 0.2) is 54.2 Å². The third kappa shape index (κ3) is 4.85. The van der Waals surface area contributed by atoms with E-state index in [1.165, 1.54) is 6.20 Å². The van der Waals surface area contributed by atoms with E-state index in [0.717, 1.165) is 16.8 Å². The lowest BCUT2D eigenvalue weighted by molar-refractivity contribution is -0.112. The van der Waals surface area contributed by atoms with Gasteiger partial charge in [-0.2, -0.15) is 5.26 Å². The number of carbonyl (C=O) groups excluding carboxylic acids is 1. The topological polar surface area (TPSA) is 64.9 Å². The van der Waals surface area contributed by atoms with Gasteiger partial charge in [0.2, 0.25) is 0 Å². The fourth-order valence-corrected chi connectivity index (χ4v) is 2.62. The molecular weight excluding hydrogens is 334 g/mol. The fourth-order valence-electron chi connectivity index (χ4n) is 2.43. The first-order valence-electron chi connectivity index (χ1n) is 7.95. The molecule has 0 fully saturated rings. The van der Waals surface area contributed by atoms with Crippen molar-refractivity contribution < 1.29 is 4.79 Å². The molecule has 0 saturated heterocycles. The zero-order valence-electron chi connectivity index (χ0n) is 14.4. The van der Waals surface area contributed by atoms with Crippen molar-refractivity contribution in [2.24, 2.45) is 0 Å². The number of para-hydroxylation sites is 1. The number of amides is 1. The van der Waals surface area contributed by atoms with E-state index in [2.05, 4.69) is 24.5 Å². The monoisotopic (exact) mass is 353 g/mol. The molecule has 128 valence electrons. The minimum Gasteiger partial charge on any atom is -0.360 e. The Bertz CT molecular complexity index is 850. The van der Waals surface area contributed by atoms with Gasteiger partial charge in [-0.15, -0.1) is 0 Å². The Hall–Kier alpha value is -2.77. The third-order valence-electron chi connectivity index (χ3n) is 3.74. The van der Waals surface area contributed by atoms with E-state index >= 15 is 0 Å². The second-order valence-electron chi connectivity index (χ2n) is 5.97. The van der Waals surface area contributed by atoms with Gasteiger partial charge in [-0.1, -0.05) is 49.7 Å². The van der Waals surface area contributed by atoms with Crippen molar-refractivity contribution in [1.82, 2.24) is 0 Å². The molecule has 2 rings (SSSR count). The van der Waals surface area contributed by atoms with Crippen molar-refractivity contribution in [1.29, 1.82) is 5.26 Å². The van der Waals surface area contributed by atoms with Crippen LogP contribution in [0.25, 0.3) is 0 Å². The van der Waals surface area contributed by atoms with Crippen molar-refractivity contribution in [3.63, 3.8) is 0 Å². The number of anilines is 2. The number of aryl methyl sites for hydroxylation is 1. The summed E-state index contributed by atoms with van der Waals surface area (Å²) in [5, 5.41) is 15.6. The number of nitrogens with zero attached hydrogens (tertiary/aromatic N) is 1. The predicted octanol–water partition coefficient (Wildman–Crippen LogP) is 5.23. The fraction of sp³-hybridized carbons (Fsp3) is 0.200. The van der Waals surface area contributed by atoms with E-state index < -0.39 is 5.91 Å². The summed E-state index contributed by atoms with van der Waals surface area (Å²) in [7, 11) is 0. The number of nitrogens with one attached hydrogen (secondary N) is 2. The summed E-state index contributed by atoms with van der Waals surface area (Å²) in [6.07, 6.45) is 1.44. The van der Waals surface area contributed by atoms with Crippen LogP contribution in [0.3, 0.4) is 0 Å². The highest BCUT2D eigenvalue weighted by Gasteiger charge is 2.12. The van der Waals surface area contributed by atoms with Gasteiger partial charge in [0, 0.05) is 22.6 Å². The van der Waals surface area contributed by atoms with Gasteiger partial charge < -0.3 is 10.6 Å². The van der Waals surface area contributed by atoms with Gasteiger partial charge >= 0.3 is 0 Å². The zero-order chi connectivity index (χ0) is 18.4. The number of hydrogen-bond donors (Lipinski definition) is 2. The number of nitriles is 1. The van der Waals surface area contributed by atoms with Crippen molar-refractivity contribution in [3.8, 4) is 6.07 Å². The summed E-state index contributed by atoms with van der Waals surface area (Å²) in [6, 6.07) is 14.7. The summed E-state index contributed by atoms with van der Waals surface area (Å²) in [4.78, 5) is 12.3. The molecule has 0 aliphatic heterocycles. The number of halogens is 1. The van der Waals surface area contributed by atoms with E-state index in [1.54, 1.807) is 24.3 Å². The van der Waals surface area contributed by atoms with Gasteiger partial charge in [0.15, 0.2) is 0 Å². The molecule has 4 nitrogen and oxygen atoms in total. The maximum Gasteiger partial charge on any atom is 0.267 e. The first kappa shape index (κ1) is 18.6. The first-order valence-corrected chi connectivity index (χ1v) is 8.33. The lowest BCUT2D eigenvalue weighted by atomic mass is 9.98. The largest absolute Gasteiger partial charge is 0.360 e. The number of hydrogen-bond acceptors (Lipinski definition) is 3. The highest BCUT2D eigenvalue weighted by atomic mass is 35.5. The van der Waals surface area contributed by atoms with E-state index in [9.17, 15) is 10.1 Å². The van der Waals surface area contributed by atoms with Crippen LogP contribution in [0.1, 0.15) is 30.9 Å². The van der Waals surface area contributed by atoms with Crippen LogP contribution in [0.2, 0.25) is 5.02 Å². The summed E-state index contributed by atoms with van der Waals surface area (Å²) >= 11 is 5.90. The predicted molar refractivity (Wildman–Crippen MR) is 103 cm³/mol. The summed E-state index contributed by atoms with van der Waals surface area (Å²) in [6.45, 7) is 6.18. The normalized spacial score (nSPS) is 11.1. The smallest absolute Gasteiger partial charge is 0.267 e. The number of carbonyl (C=O) groups is 1. The summed E-state index contributed by atoms with van der Waals surface area (Å²) < 4.78 is 0. The molecule has 0 aliphatic rings. The van der Waals surface area contributed by atoms with E-state index in [1.807, 2.05) is 31.2 Å². The van der Waals surface area contributed by atoms with E-state index in [0.29, 0.717) is 16.6 Å². The minimum atomic E-state index is -0.489. The maximum absolute atomic E-state index is 12.3. The van der Waals surface area contributed by atoms with Gasteiger partial charge in [-0.25, -0.2) is 0 Å². The SMILES string of the molecule is Cc1cccc(C(C)C)c1N/C=C(/C#N)C(=O)Nc1cccc(Cl)c1. The molecule has 1 amide bonds. The van der Waals surface area contributed by atoms with Gasteiger partial charge in [0.05, 0.1) is 0 Å². The third-order valence-corrected chi connectivity index (χ3v) is 3.97. The minimum absolute atomic E-state index is 0.0158. The lowest BCUT2D eigenvalue weighted by Gasteiger charge is -2.15. The number of benzene rings is 2. The first-order chi connectivity index (χ1) is 11.9. The van der Waals surface area contributed by atoms with Crippen LogP contribution in [-0.4, -0.2) is 5.91 Å². The number of rotatable bonds is 5. The van der Waals surface area contributed by atoms with E-state index in [-0.39, 0.29) is 5.57 Å². The molecule has 0 unspecified atom stereocenters. The molecule has 25 heavy (non-hydrogen) atoms. The Morgan fingerprint density at radius 2 is 1.96 bits per heavy atom. The molecule has 2 N–H and O–H groups in total. The summed E-state index contributed by atoms with van der Waals surface area (Å²) in [5.74, 6) is -0.168. The Morgan fingerprint density at radius 1 is 1.24 bits per heavy atom. The van der Waals surface area contributed by atoms with Crippen LogP contribution in [0.5, 0.6) is 0 Å². The molecular formula is C20H20ClN3O. The van der Waals surface area contributed by atoms with Crippen LogP contribution in [0, 0.1) is 18.3 Å². The molecule has 0 heterocycles. The summed E-state index contributed by atoms with van der Waals surface area (Å²) in [5.41, 5.74) is 3.62. The molecule has 0 bridgehead atoms. The Labute approximate surface area is 153 Å². The lowest BCUT2D eigenvalue weighted by Crippen LogP contribution is -2.14. The molecule has 0 spiro atoms. The van der Waals surface area contributed by atoms with Crippen LogP contribution in [0.4, 0.5) is 11.4 Å². The van der Waals surface area contributed by atoms with Crippen molar-refractivity contribution in [3.05, 3.63) is 70.4 Å². The van der Waals surface area contributed by atoms with Crippen LogP contribution in [-0.2, 0) is 4.79 Å². The second-order valence-corrected chi connectivity index (χ2v) is 6.41. The molecule has 0 aromatic heterocycles. The quantitative estimate of drug-likeness (QED) is 0.571. The average molecular weight is 354 g/mol. The molecule has 2 aromatic carbocycles. The molecule has 0 saturated carbocycles. The van der Waals surface area contributed by atoms with Crippen molar-refractivity contribution >= 4 is 28.9 Å². The van der Waals surface area contributed by atoms with Crippen molar-refractivity contribution in [2.75, 3.05) is 10.6 Å². The highest BCUT2D eigenvalue weighted by Crippen LogP contribution is 2.27. The van der Waals surface area contributed by atoms with Gasteiger partial charge in [0.1, 0.15) is 11.6 Å². The van der Waals surface area contributed by atoms with Crippen molar-refractivity contribution in [2.45, 2.75) is 26.7 Å². The average Bonchev–Trinajstić information content (AvgIpc) is 2.56. The van der Waals surface area contributed by atoms with Crippen LogP contribution < -0.4 is 10.6 Å². The van der Waals surface area contributed by atoms with Crippen LogP contribution >= 0.6 is 11.6 Å². The maximum atomic E-state index is 12.3.